The number of carbonyl (C=O) groups is 2. The number of phenolic OH excluding ortho intramolecular Hbond substituents is 1. The zero-order valence-electron chi connectivity index (χ0n) is 17.0. The molecule has 0 radical (unpaired) electrons. The van der Waals surface area contributed by atoms with E-state index in [9.17, 15) is 14.7 Å². The number of nitrogens with two attached hydrogens (primary N) is 1. The highest BCUT2D eigenvalue weighted by Crippen LogP contribution is 2.30. The van der Waals surface area contributed by atoms with E-state index in [1.807, 2.05) is 26.0 Å². The molecule has 2 aliphatic heterocycles. The summed E-state index contributed by atoms with van der Waals surface area (Å²) < 4.78 is 11.1. The molecular weight excluding hydrogens is 394 g/mol. The quantitative estimate of drug-likeness (QED) is 0.388. The molecule has 0 unspecified atom stereocenters. The van der Waals surface area contributed by atoms with Crippen molar-refractivity contribution in [3.05, 3.63) is 81.2 Å². The number of hydrogen-bond acceptors (Lipinski definition) is 6. The van der Waals surface area contributed by atoms with Crippen LogP contribution < -0.4 is 25.6 Å². The fourth-order valence-electron chi connectivity index (χ4n) is 4.12. The summed E-state index contributed by atoms with van der Waals surface area (Å²) >= 11 is 0. The van der Waals surface area contributed by atoms with Crippen LogP contribution in [-0.4, -0.2) is 17.0 Å². The van der Waals surface area contributed by atoms with Crippen molar-refractivity contribution in [1.82, 2.24) is 0 Å². The van der Waals surface area contributed by atoms with Crippen LogP contribution in [0.1, 0.15) is 29.2 Å². The van der Waals surface area contributed by atoms with Crippen LogP contribution in [0.5, 0.6) is 17.2 Å². The van der Waals surface area contributed by atoms with Gasteiger partial charge in [0.1, 0.15) is 17.2 Å². The maximum Gasteiger partial charge on any atom is 0.344 e. The molecule has 0 amide bonds. The first-order chi connectivity index (χ1) is 14.9. The normalized spacial score (nSPS) is 14.4. The fraction of sp³-hybridized carbons (Fsp3) is 0.120. The molecule has 154 valence electrons. The minimum absolute atomic E-state index is 0.100. The van der Waals surface area contributed by atoms with Gasteiger partial charge in [-0.15, -0.1) is 0 Å². The predicted octanol–water partition coefficient (Wildman–Crippen LogP) is 2.08. The third-order valence-corrected chi connectivity index (χ3v) is 5.73. The Morgan fingerprint density at radius 2 is 1.39 bits per heavy atom. The molecule has 0 saturated heterocycles. The van der Waals surface area contributed by atoms with Crippen molar-refractivity contribution >= 4 is 28.8 Å². The lowest BCUT2D eigenvalue weighted by Crippen LogP contribution is -2.11. The first kappa shape index (κ1) is 18.9. The van der Waals surface area contributed by atoms with Crippen molar-refractivity contribution in [2.45, 2.75) is 20.3 Å². The predicted molar refractivity (Wildman–Crippen MR) is 115 cm³/mol. The van der Waals surface area contributed by atoms with Crippen molar-refractivity contribution in [3.63, 3.8) is 0 Å². The van der Waals surface area contributed by atoms with Gasteiger partial charge < -0.3 is 20.3 Å². The Hall–Kier alpha value is -4.06. The molecule has 0 saturated carbocycles. The second kappa shape index (κ2) is 6.74. The monoisotopic (exact) mass is 413 g/mol. The summed E-state index contributed by atoms with van der Waals surface area (Å²) in [6.45, 7) is 3.91. The lowest BCUT2D eigenvalue weighted by Gasteiger charge is -2.10. The first-order valence-corrected chi connectivity index (χ1v) is 9.93. The standard InChI is InChI=1S/C25H19NO5/c1-3-13-9-15(8-12(2)23(13)26)22-18-11-19-17(10-20(18)31-25(22)29)21(24(28)30-19)14-4-6-16(27)7-5-14/h4-11,27H,3,26H2,1-2H3. The molecule has 0 aromatic heterocycles. The lowest BCUT2D eigenvalue weighted by molar-refractivity contribution is -0.128. The Morgan fingerprint density at radius 3 is 1.94 bits per heavy atom. The fourth-order valence-corrected chi connectivity index (χ4v) is 4.12. The molecule has 0 aliphatic carbocycles. The van der Waals surface area contributed by atoms with Crippen LogP contribution >= 0.6 is 0 Å². The van der Waals surface area contributed by atoms with E-state index in [0.717, 1.165) is 28.8 Å². The van der Waals surface area contributed by atoms with Crippen molar-refractivity contribution in [2.75, 3.05) is 5.73 Å². The van der Waals surface area contributed by atoms with E-state index in [0.29, 0.717) is 38.6 Å². The van der Waals surface area contributed by atoms with E-state index in [-0.39, 0.29) is 5.75 Å². The average molecular weight is 413 g/mol. The molecule has 2 aliphatic rings. The number of carbonyl (C=O) groups excluding carboxylic acids is 2. The summed E-state index contributed by atoms with van der Waals surface area (Å²) in [6.07, 6.45) is 0.739. The van der Waals surface area contributed by atoms with Gasteiger partial charge in [-0.1, -0.05) is 19.1 Å². The molecule has 0 fully saturated rings. The Balaban J connectivity index is 1.76. The van der Waals surface area contributed by atoms with Crippen molar-refractivity contribution in [3.8, 4) is 17.2 Å². The second-order valence-electron chi connectivity index (χ2n) is 7.64. The highest BCUT2D eigenvalue weighted by atomic mass is 16.5. The zero-order valence-corrected chi connectivity index (χ0v) is 17.0. The third-order valence-electron chi connectivity index (χ3n) is 5.73. The van der Waals surface area contributed by atoms with E-state index < -0.39 is 11.9 Å². The molecule has 3 aromatic rings. The van der Waals surface area contributed by atoms with Crippen LogP contribution in [0.4, 0.5) is 5.69 Å². The number of nitrogen functional groups attached to an aromatic ring is 1. The van der Waals surface area contributed by atoms with Gasteiger partial charge in [0.2, 0.25) is 0 Å². The van der Waals surface area contributed by atoms with Gasteiger partial charge in [-0.05, 0) is 72.0 Å². The lowest BCUT2D eigenvalue weighted by atomic mass is 9.96. The van der Waals surface area contributed by atoms with E-state index in [4.69, 9.17) is 15.2 Å². The van der Waals surface area contributed by atoms with Gasteiger partial charge >= 0.3 is 11.9 Å². The smallest absolute Gasteiger partial charge is 0.344 e. The van der Waals surface area contributed by atoms with Crippen molar-refractivity contribution < 1.29 is 24.2 Å². The Morgan fingerprint density at radius 1 is 0.839 bits per heavy atom. The third kappa shape index (κ3) is 2.87. The summed E-state index contributed by atoms with van der Waals surface area (Å²) in [5, 5.41) is 10.7. The number of phenols is 1. The number of aryl methyl sites for hydroxylation is 2. The van der Waals surface area contributed by atoms with Crippen LogP contribution in [0, 0.1) is 6.92 Å². The number of benzene rings is 3. The largest absolute Gasteiger partial charge is 0.508 e. The molecule has 31 heavy (non-hydrogen) atoms. The summed E-state index contributed by atoms with van der Waals surface area (Å²) in [6, 6.07) is 13.4. The van der Waals surface area contributed by atoms with Crippen LogP contribution in [0.3, 0.4) is 0 Å². The molecular formula is C25H19NO5. The SMILES string of the molecule is CCc1cc(C2=c3cc4c(cc3OC2=O)=C(c2ccc(O)cc2)C(=O)O4)cc(C)c1N. The van der Waals surface area contributed by atoms with E-state index in [1.54, 1.807) is 24.3 Å². The maximum atomic E-state index is 12.8. The van der Waals surface area contributed by atoms with Gasteiger partial charge in [-0.25, -0.2) is 9.59 Å². The summed E-state index contributed by atoms with van der Waals surface area (Å²) in [5.41, 5.74) is 10.8. The van der Waals surface area contributed by atoms with Crippen molar-refractivity contribution in [2.24, 2.45) is 0 Å². The van der Waals surface area contributed by atoms with Gasteiger partial charge in [0.25, 0.3) is 0 Å². The average Bonchev–Trinajstić information content (AvgIpc) is 3.23. The number of rotatable bonds is 3. The summed E-state index contributed by atoms with van der Waals surface area (Å²) in [5.74, 6) is -0.106. The van der Waals surface area contributed by atoms with E-state index >= 15 is 0 Å². The number of ether oxygens (including phenoxy) is 2. The zero-order chi connectivity index (χ0) is 21.9. The number of hydrogen-bond donors (Lipinski definition) is 2. The maximum absolute atomic E-state index is 12.8. The topological polar surface area (TPSA) is 98.8 Å². The van der Waals surface area contributed by atoms with Gasteiger partial charge in [-0.2, -0.15) is 0 Å². The van der Waals surface area contributed by atoms with Crippen LogP contribution in [0.2, 0.25) is 0 Å². The molecule has 3 N–H and O–H groups in total. The molecule has 0 atom stereocenters. The number of aromatic hydroxyl groups is 1. The first-order valence-electron chi connectivity index (χ1n) is 9.93. The molecule has 5 rings (SSSR count). The van der Waals surface area contributed by atoms with Crippen LogP contribution in [-0.2, 0) is 16.0 Å². The molecule has 0 bridgehead atoms. The Labute approximate surface area is 177 Å². The summed E-state index contributed by atoms with van der Waals surface area (Å²) in [4.78, 5) is 25.4. The molecule has 0 spiro atoms. The van der Waals surface area contributed by atoms with E-state index in [1.165, 1.54) is 12.1 Å². The highest BCUT2D eigenvalue weighted by molar-refractivity contribution is 6.21. The van der Waals surface area contributed by atoms with Crippen LogP contribution in [0.15, 0.2) is 48.5 Å². The summed E-state index contributed by atoms with van der Waals surface area (Å²) in [7, 11) is 0. The minimum atomic E-state index is -0.492. The highest BCUT2D eigenvalue weighted by Gasteiger charge is 2.30. The van der Waals surface area contributed by atoms with Gasteiger partial charge in [0, 0.05) is 16.1 Å². The number of fused-ring (bicyclic) bond motifs is 2. The molecule has 6 nitrogen and oxygen atoms in total. The molecule has 2 heterocycles. The number of esters is 2. The van der Waals surface area contributed by atoms with E-state index in [2.05, 4.69) is 0 Å². The van der Waals surface area contributed by atoms with Crippen molar-refractivity contribution in [1.29, 1.82) is 0 Å². The molecule has 3 aromatic carbocycles. The van der Waals surface area contributed by atoms with Crippen LogP contribution in [0.25, 0.3) is 11.1 Å². The van der Waals surface area contributed by atoms with Gasteiger partial charge in [-0.3, -0.25) is 0 Å². The Bertz CT molecular complexity index is 1420. The number of anilines is 1. The minimum Gasteiger partial charge on any atom is -0.508 e. The Kier molecular flexibility index (Phi) is 4.12. The second-order valence-corrected chi connectivity index (χ2v) is 7.64. The van der Waals surface area contributed by atoms with Gasteiger partial charge in [0.15, 0.2) is 0 Å². The molecule has 6 heteroatoms. The van der Waals surface area contributed by atoms with Gasteiger partial charge in [0.05, 0.1) is 11.1 Å².